The van der Waals surface area contributed by atoms with Crippen LogP contribution in [0.15, 0.2) is 16.6 Å². The number of carbonyl (C=O) groups is 2. The predicted molar refractivity (Wildman–Crippen MR) is 110 cm³/mol. The third-order valence-electron chi connectivity index (χ3n) is 4.01. The van der Waals surface area contributed by atoms with E-state index >= 15 is 0 Å². The van der Waals surface area contributed by atoms with Crippen LogP contribution in [0, 0.1) is 12.8 Å². The number of nitrogens with two attached hydrogens (primary N) is 1. The molecule has 0 bridgehead atoms. The Morgan fingerprint density at radius 1 is 1.40 bits per heavy atom. The highest BCUT2D eigenvalue weighted by Gasteiger charge is 2.34. The van der Waals surface area contributed by atoms with E-state index in [0.717, 1.165) is 16.6 Å². The van der Waals surface area contributed by atoms with Crippen molar-refractivity contribution in [3.8, 4) is 0 Å². The van der Waals surface area contributed by atoms with Crippen LogP contribution in [0.2, 0.25) is 0 Å². The molecule has 0 spiro atoms. The molecular formula is C16H25BrCl2N4O2. The van der Waals surface area contributed by atoms with E-state index in [-0.39, 0.29) is 49.0 Å². The third kappa shape index (κ3) is 6.33. The number of anilines is 2. The van der Waals surface area contributed by atoms with E-state index in [9.17, 15) is 9.59 Å². The van der Waals surface area contributed by atoms with Crippen LogP contribution in [-0.4, -0.2) is 55.3 Å². The van der Waals surface area contributed by atoms with Crippen molar-refractivity contribution in [2.45, 2.75) is 13.3 Å². The van der Waals surface area contributed by atoms with E-state index in [1.165, 1.54) is 0 Å². The van der Waals surface area contributed by atoms with Crippen LogP contribution in [0.4, 0.5) is 11.4 Å². The Morgan fingerprint density at radius 2 is 2.04 bits per heavy atom. The molecule has 6 nitrogen and oxygen atoms in total. The molecule has 3 N–H and O–H groups in total. The highest BCUT2D eigenvalue weighted by Crippen LogP contribution is 2.29. The summed E-state index contributed by atoms with van der Waals surface area (Å²) in [6.07, 6.45) is 0.256. The number of carbonyl (C=O) groups excluding carboxylic acids is 2. The number of likely N-dealkylation sites (N-methyl/N-ethyl adjacent to an activating group) is 1. The maximum atomic E-state index is 12.4. The van der Waals surface area contributed by atoms with Gasteiger partial charge in [0.1, 0.15) is 0 Å². The molecule has 2 rings (SSSR count). The van der Waals surface area contributed by atoms with Crippen LogP contribution in [0.1, 0.15) is 12.0 Å². The average Bonchev–Trinajstić information content (AvgIpc) is 2.83. The minimum Gasteiger partial charge on any atom is -0.397 e. The van der Waals surface area contributed by atoms with Crippen LogP contribution < -0.4 is 11.1 Å². The Bertz CT molecular complexity index is 628. The van der Waals surface area contributed by atoms with E-state index < -0.39 is 0 Å². The fourth-order valence-electron chi connectivity index (χ4n) is 2.58. The zero-order valence-corrected chi connectivity index (χ0v) is 17.8. The van der Waals surface area contributed by atoms with Crippen LogP contribution in [0.3, 0.4) is 0 Å². The van der Waals surface area contributed by atoms with E-state index in [0.29, 0.717) is 24.5 Å². The molecule has 1 unspecified atom stereocenters. The minimum absolute atomic E-state index is 0. The fourth-order valence-corrected chi connectivity index (χ4v) is 3.15. The van der Waals surface area contributed by atoms with Gasteiger partial charge in [-0.1, -0.05) is 15.9 Å². The molecule has 1 fully saturated rings. The Morgan fingerprint density at radius 3 is 2.64 bits per heavy atom. The quantitative estimate of drug-likeness (QED) is 0.668. The van der Waals surface area contributed by atoms with Crippen molar-refractivity contribution in [3.05, 3.63) is 22.2 Å². The largest absolute Gasteiger partial charge is 0.397 e. The van der Waals surface area contributed by atoms with Crippen molar-refractivity contribution in [1.82, 2.24) is 9.80 Å². The second-order valence-corrected chi connectivity index (χ2v) is 7.13. The van der Waals surface area contributed by atoms with Gasteiger partial charge in [-0.15, -0.1) is 24.8 Å². The first-order valence-electron chi connectivity index (χ1n) is 7.57. The van der Waals surface area contributed by atoms with Crippen LogP contribution >= 0.6 is 40.7 Å². The summed E-state index contributed by atoms with van der Waals surface area (Å²) in [4.78, 5) is 28.2. The number of halogens is 3. The van der Waals surface area contributed by atoms with Gasteiger partial charge in [0.05, 0.1) is 17.3 Å². The summed E-state index contributed by atoms with van der Waals surface area (Å²) in [6.45, 7) is 3.79. The second-order valence-electron chi connectivity index (χ2n) is 6.22. The molecular weight excluding hydrogens is 431 g/mol. The van der Waals surface area contributed by atoms with Gasteiger partial charge in [-0.2, -0.15) is 0 Å². The van der Waals surface area contributed by atoms with Crippen molar-refractivity contribution in [2.24, 2.45) is 5.92 Å². The van der Waals surface area contributed by atoms with Crippen LogP contribution in [-0.2, 0) is 9.59 Å². The highest BCUT2D eigenvalue weighted by atomic mass is 79.9. The molecule has 1 aliphatic rings. The number of nitrogens with zero attached hydrogens (tertiary/aromatic N) is 2. The van der Waals surface area contributed by atoms with Gasteiger partial charge in [0.2, 0.25) is 11.8 Å². The molecule has 9 heteroatoms. The summed E-state index contributed by atoms with van der Waals surface area (Å²) in [5, 5.41) is 2.86. The number of nitrogens with one attached hydrogen (secondary N) is 1. The van der Waals surface area contributed by atoms with Crippen molar-refractivity contribution in [3.63, 3.8) is 0 Å². The topological polar surface area (TPSA) is 78.7 Å². The van der Waals surface area contributed by atoms with E-state index in [2.05, 4.69) is 21.2 Å². The Balaban J connectivity index is 0.00000288. The van der Waals surface area contributed by atoms with E-state index in [1.807, 2.05) is 32.0 Å². The molecule has 2 amide bonds. The predicted octanol–water partition coefficient (Wildman–Crippen LogP) is 2.53. The summed E-state index contributed by atoms with van der Waals surface area (Å²) < 4.78 is 0.856. The number of aryl methyl sites for hydroxylation is 1. The van der Waals surface area contributed by atoms with Gasteiger partial charge < -0.3 is 20.9 Å². The van der Waals surface area contributed by atoms with Crippen molar-refractivity contribution < 1.29 is 9.59 Å². The lowest BCUT2D eigenvalue weighted by molar-refractivity contribution is -0.128. The number of rotatable bonds is 5. The maximum Gasteiger partial charge on any atom is 0.229 e. The molecule has 0 aliphatic carbocycles. The van der Waals surface area contributed by atoms with E-state index in [1.54, 1.807) is 11.0 Å². The molecule has 0 aromatic heterocycles. The summed E-state index contributed by atoms with van der Waals surface area (Å²) in [6, 6.07) is 3.67. The summed E-state index contributed by atoms with van der Waals surface area (Å²) in [5.41, 5.74) is 8.04. The Labute approximate surface area is 169 Å². The van der Waals surface area contributed by atoms with Gasteiger partial charge in [0, 0.05) is 30.5 Å². The van der Waals surface area contributed by atoms with Gasteiger partial charge in [-0.05, 0) is 38.7 Å². The van der Waals surface area contributed by atoms with Gasteiger partial charge in [0.15, 0.2) is 0 Å². The zero-order valence-electron chi connectivity index (χ0n) is 14.5. The molecule has 1 aromatic carbocycles. The summed E-state index contributed by atoms with van der Waals surface area (Å²) in [5.74, 6) is -0.455. The monoisotopic (exact) mass is 454 g/mol. The molecule has 25 heavy (non-hydrogen) atoms. The molecule has 0 radical (unpaired) electrons. The molecule has 1 saturated heterocycles. The smallest absolute Gasteiger partial charge is 0.229 e. The molecule has 1 heterocycles. The number of hydrogen-bond acceptors (Lipinski definition) is 4. The van der Waals surface area contributed by atoms with Crippen molar-refractivity contribution in [2.75, 3.05) is 44.8 Å². The molecule has 142 valence electrons. The number of likely N-dealkylation sites (tertiary alicyclic amines) is 1. The molecule has 1 atom stereocenters. The van der Waals surface area contributed by atoms with Crippen LogP contribution in [0.5, 0.6) is 0 Å². The maximum absolute atomic E-state index is 12.4. The zero-order chi connectivity index (χ0) is 17.1. The number of benzene rings is 1. The number of hydrogen-bond donors (Lipinski definition) is 2. The van der Waals surface area contributed by atoms with Gasteiger partial charge in [-0.3, -0.25) is 9.59 Å². The number of nitrogen functional groups attached to an aromatic ring is 1. The van der Waals surface area contributed by atoms with Gasteiger partial charge in [-0.25, -0.2) is 0 Å². The standard InChI is InChI=1S/C16H23BrN4O2.2ClH/c1-10-6-12(17)8-13(15(10)18)19-16(23)11-7-14(22)21(9-11)5-4-20(2)3;;/h6,8,11H,4-5,7,9,18H2,1-3H3,(H,19,23);2*1H. The van der Waals surface area contributed by atoms with E-state index in [4.69, 9.17) is 5.73 Å². The first kappa shape index (κ1) is 24.0. The van der Waals surface area contributed by atoms with Gasteiger partial charge >= 0.3 is 0 Å². The first-order chi connectivity index (χ1) is 10.8. The molecule has 0 saturated carbocycles. The summed E-state index contributed by atoms with van der Waals surface area (Å²) in [7, 11) is 3.92. The molecule has 1 aromatic rings. The van der Waals surface area contributed by atoms with Crippen molar-refractivity contribution in [1.29, 1.82) is 0 Å². The Kier molecular flexibility index (Phi) is 9.79. The summed E-state index contributed by atoms with van der Waals surface area (Å²) >= 11 is 3.40. The normalized spacial score (nSPS) is 16.4. The third-order valence-corrected chi connectivity index (χ3v) is 4.47. The lowest BCUT2D eigenvalue weighted by Crippen LogP contribution is -2.34. The fraction of sp³-hybridized carbons (Fsp3) is 0.500. The molecule has 1 aliphatic heterocycles. The SMILES string of the molecule is Cc1cc(Br)cc(NC(=O)C2CC(=O)N(CCN(C)C)C2)c1N.Cl.Cl. The average molecular weight is 456 g/mol. The lowest BCUT2D eigenvalue weighted by atomic mass is 10.1. The lowest BCUT2D eigenvalue weighted by Gasteiger charge is -2.19. The highest BCUT2D eigenvalue weighted by molar-refractivity contribution is 9.10. The number of amides is 2. The second kappa shape index (κ2) is 10.2. The Hall–Kier alpha value is -1.02. The minimum atomic E-state index is -0.330. The van der Waals surface area contributed by atoms with Gasteiger partial charge in [0.25, 0.3) is 0 Å². The van der Waals surface area contributed by atoms with Crippen LogP contribution in [0.25, 0.3) is 0 Å². The first-order valence-corrected chi connectivity index (χ1v) is 8.36. The van der Waals surface area contributed by atoms with Crippen molar-refractivity contribution >= 4 is 63.9 Å².